The molecule has 2 atom stereocenters. The van der Waals surface area contributed by atoms with Gasteiger partial charge in [0.25, 0.3) is 0 Å². The molecule has 2 rings (SSSR count). The molecule has 0 bridgehead atoms. The lowest BCUT2D eigenvalue weighted by molar-refractivity contribution is 0.0199. The molecule has 3 heteroatoms. The van der Waals surface area contributed by atoms with Gasteiger partial charge >= 0.3 is 0 Å². The molecular weight excluding hydrogens is 155 g/mol. The molecule has 0 aliphatic carbocycles. The minimum atomic E-state index is -0.553. The van der Waals surface area contributed by atoms with Crippen LogP contribution in [-0.4, -0.2) is 55.2 Å². The van der Waals surface area contributed by atoms with Crippen molar-refractivity contribution < 1.29 is 4.39 Å². The summed E-state index contributed by atoms with van der Waals surface area (Å²) in [6, 6.07) is 0.613. The average Bonchev–Trinajstić information content (AvgIpc) is 2.23. The first-order valence-corrected chi connectivity index (χ1v) is 4.73. The molecule has 0 aromatic carbocycles. The predicted molar refractivity (Wildman–Crippen MR) is 46.9 cm³/mol. The Morgan fingerprint density at radius 3 is 2.25 bits per heavy atom. The van der Waals surface area contributed by atoms with Crippen molar-refractivity contribution in [2.24, 2.45) is 5.92 Å². The van der Waals surface area contributed by atoms with E-state index in [1.807, 2.05) is 0 Å². The van der Waals surface area contributed by atoms with Crippen LogP contribution in [0.15, 0.2) is 0 Å². The number of alkyl halides is 1. The Morgan fingerprint density at radius 2 is 1.83 bits per heavy atom. The smallest absolute Gasteiger partial charge is 0.125 e. The molecule has 2 nitrogen and oxygen atoms in total. The van der Waals surface area contributed by atoms with Gasteiger partial charge in [0, 0.05) is 32.2 Å². The molecule has 2 aliphatic rings. The lowest BCUT2D eigenvalue weighted by Gasteiger charge is -2.40. The number of rotatable bonds is 1. The molecule has 12 heavy (non-hydrogen) atoms. The molecular formula is C9H17FN2. The van der Waals surface area contributed by atoms with Gasteiger partial charge in [-0.2, -0.15) is 0 Å². The number of halogens is 1. The summed E-state index contributed by atoms with van der Waals surface area (Å²) < 4.78 is 12.6. The monoisotopic (exact) mass is 172 g/mol. The summed E-state index contributed by atoms with van der Waals surface area (Å²) in [6.07, 6.45) is -0.553. The fourth-order valence-corrected chi connectivity index (χ4v) is 2.39. The van der Waals surface area contributed by atoms with Gasteiger partial charge in [-0.3, -0.25) is 4.90 Å². The van der Waals surface area contributed by atoms with E-state index in [2.05, 4.69) is 23.8 Å². The van der Waals surface area contributed by atoms with Crippen molar-refractivity contribution >= 4 is 0 Å². The third-order valence-electron chi connectivity index (χ3n) is 3.09. The highest BCUT2D eigenvalue weighted by atomic mass is 19.1. The van der Waals surface area contributed by atoms with Gasteiger partial charge in [0.1, 0.15) is 6.17 Å². The van der Waals surface area contributed by atoms with Crippen LogP contribution < -0.4 is 0 Å². The van der Waals surface area contributed by atoms with Gasteiger partial charge < -0.3 is 4.90 Å². The van der Waals surface area contributed by atoms with E-state index in [4.69, 9.17) is 0 Å². The highest BCUT2D eigenvalue weighted by molar-refractivity contribution is 4.93. The van der Waals surface area contributed by atoms with Gasteiger partial charge in [0.2, 0.25) is 0 Å². The quantitative estimate of drug-likeness (QED) is 0.571. The molecule has 2 aliphatic heterocycles. The lowest BCUT2D eigenvalue weighted by Crippen LogP contribution is -2.55. The zero-order chi connectivity index (χ0) is 8.72. The molecule has 0 radical (unpaired) electrons. The summed E-state index contributed by atoms with van der Waals surface area (Å²) in [5.74, 6) is 0.711. The maximum Gasteiger partial charge on any atom is 0.125 e. The van der Waals surface area contributed by atoms with Crippen molar-refractivity contribution in [3.63, 3.8) is 0 Å². The molecule has 0 spiro atoms. The van der Waals surface area contributed by atoms with E-state index in [0.717, 1.165) is 13.1 Å². The molecule has 0 amide bonds. The third kappa shape index (κ3) is 1.36. The Balaban J connectivity index is 1.88. The SMILES string of the molecule is CC1CN(C)CC1N1CC(F)C1. The van der Waals surface area contributed by atoms with Crippen LogP contribution in [0.25, 0.3) is 0 Å². The Morgan fingerprint density at radius 1 is 1.17 bits per heavy atom. The summed E-state index contributed by atoms with van der Waals surface area (Å²) in [4.78, 5) is 4.61. The van der Waals surface area contributed by atoms with Crippen LogP contribution in [0, 0.1) is 5.92 Å². The van der Waals surface area contributed by atoms with E-state index in [9.17, 15) is 4.39 Å². The number of hydrogen-bond acceptors (Lipinski definition) is 2. The van der Waals surface area contributed by atoms with E-state index < -0.39 is 6.17 Å². The van der Waals surface area contributed by atoms with Crippen LogP contribution in [0.5, 0.6) is 0 Å². The first-order chi connectivity index (χ1) is 5.66. The van der Waals surface area contributed by atoms with Crippen molar-refractivity contribution in [2.45, 2.75) is 19.1 Å². The second-order valence-corrected chi connectivity index (χ2v) is 4.32. The lowest BCUT2D eigenvalue weighted by atomic mass is 10.0. The minimum absolute atomic E-state index is 0.553. The Kier molecular flexibility index (Phi) is 2.09. The molecule has 0 aromatic rings. The molecule has 0 aromatic heterocycles. The van der Waals surface area contributed by atoms with E-state index >= 15 is 0 Å². The van der Waals surface area contributed by atoms with Crippen molar-refractivity contribution in [2.75, 3.05) is 33.2 Å². The zero-order valence-corrected chi connectivity index (χ0v) is 7.83. The van der Waals surface area contributed by atoms with Crippen molar-refractivity contribution in [3.8, 4) is 0 Å². The second kappa shape index (κ2) is 2.96. The summed E-state index contributed by atoms with van der Waals surface area (Å²) in [6.45, 7) is 5.89. The number of hydrogen-bond donors (Lipinski definition) is 0. The molecule has 0 N–H and O–H groups in total. The summed E-state index contributed by atoms with van der Waals surface area (Å²) in [5.41, 5.74) is 0. The normalized spacial score (nSPS) is 40.2. The zero-order valence-electron chi connectivity index (χ0n) is 7.83. The molecule has 2 fully saturated rings. The van der Waals surface area contributed by atoms with Gasteiger partial charge in [0.15, 0.2) is 0 Å². The van der Waals surface area contributed by atoms with Gasteiger partial charge in [-0.05, 0) is 13.0 Å². The van der Waals surface area contributed by atoms with E-state index in [0.29, 0.717) is 25.0 Å². The van der Waals surface area contributed by atoms with Crippen molar-refractivity contribution in [3.05, 3.63) is 0 Å². The fourth-order valence-electron chi connectivity index (χ4n) is 2.39. The highest BCUT2D eigenvalue weighted by Gasteiger charge is 2.38. The topological polar surface area (TPSA) is 6.48 Å². The summed E-state index contributed by atoms with van der Waals surface area (Å²) >= 11 is 0. The van der Waals surface area contributed by atoms with Gasteiger partial charge in [-0.1, -0.05) is 6.92 Å². The van der Waals surface area contributed by atoms with Gasteiger partial charge in [-0.15, -0.1) is 0 Å². The second-order valence-electron chi connectivity index (χ2n) is 4.32. The van der Waals surface area contributed by atoms with E-state index in [-0.39, 0.29) is 0 Å². The minimum Gasteiger partial charge on any atom is -0.304 e. The number of nitrogens with zero attached hydrogens (tertiary/aromatic N) is 2. The molecule has 0 saturated carbocycles. The largest absolute Gasteiger partial charge is 0.304 e. The van der Waals surface area contributed by atoms with Crippen LogP contribution >= 0.6 is 0 Å². The number of likely N-dealkylation sites (tertiary alicyclic amines) is 2. The van der Waals surface area contributed by atoms with Gasteiger partial charge in [0.05, 0.1) is 0 Å². The maximum atomic E-state index is 12.6. The van der Waals surface area contributed by atoms with E-state index in [1.54, 1.807) is 0 Å². The third-order valence-corrected chi connectivity index (χ3v) is 3.09. The van der Waals surface area contributed by atoms with Crippen LogP contribution in [0.1, 0.15) is 6.92 Å². The summed E-state index contributed by atoms with van der Waals surface area (Å²) in [5, 5.41) is 0. The molecule has 2 saturated heterocycles. The standard InChI is InChI=1S/C9H17FN2/c1-7-3-11(2)6-9(7)12-4-8(10)5-12/h7-9H,3-6H2,1-2H3. The average molecular weight is 172 g/mol. The Labute approximate surface area is 73.3 Å². The van der Waals surface area contributed by atoms with Gasteiger partial charge in [-0.25, -0.2) is 4.39 Å². The Hall–Kier alpha value is -0.150. The predicted octanol–water partition coefficient (Wildman–Crippen LogP) is 0.590. The van der Waals surface area contributed by atoms with Crippen LogP contribution in [0.3, 0.4) is 0 Å². The molecule has 2 heterocycles. The molecule has 2 unspecified atom stereocenters. The first-order valence-electron chi connectivity index (χ1n) is 4.73. The summed E-state index contributed by atoms with van der Waals surface area (Å²) in [7, 11) is 2.14. The van der Waals surface area contributed by atoms with Crippen molar-refractivity contribution in [1.82, 2.24) is 9.80 Å². The number of likely N-dealkylation sites (N-methyl/N-ethyl adjacent to an activating group) is 1. The van der Waals surface area contributed by atoms with Crippen molar-refractivity contribution in [1.29, 1.82) is 0 Å². The molecule has 70 valence electrons. The van der Waals surface area contributed by atoms with Crippen LogP contribution in [-0.2, 0) is 0 Å². The maximum absolute atomic E-state index is 12.6. The first kappa shape index (κ1) is 8.45. The van der Waals surface area contributed by atoms with Crippen LogP contribution in [0.2, 0.25) is 0 Å². The highest BCUT2D eigenvalue weighted by Crippen LogP contribution is 2.25. The Bertz CT molecular complexity index is 168. The fraction of sp³-hybridized carbons (Fsp3) is 1.00. The van der Waals surface area contributed by atoms with E-state index in [1.165, 1.54) is 0 Å². The van der Waals surface area contributed by atoms with Crippen LogP contribution in [0.4, 0.5) is 4.39 Å².